The Kier molecular flexibility index (Phi) is 4.60. The highest BCUT2D eigenvalue weighted by Gasteiger charge is 2.31. The predicted molar refractivity (Wildman–Crippen MR) is 77.7 cm³/mol. The highest BCUT2D eigenvalue weighted by molar-refractivity contribution is 7.80. The van der Waals surface area contributed by atoms with Crippen LogP contribution in [0.5, 0.6) is 0 Å². The summed E-state index contributed by atoms with van der Waals surface area (Å²) in [5, 5.41) is 4.55. The number of thiol groups is 1. The normalized spacial score (nSPS) is 11.1. The first-order chi connectivity index (χ1) is 10.2. The summed E-state index contributed by atoms with van der Waals surface area (Å²) < 4.78 is 50.9. The lowest BCUT2D eigenvalue weighted by Gasteiger charge is -2.11. The van der Waals surface area contributed by atoms with Gasteiger partial charge in [-0.1, -0.05) is 6.07 Å². The lowest BCUT2D eigenvalue weighted by Crippen LogP contribution is -2.20. The van der Waals surface area contributed by atoms with Crippen LogP contribution in [-0.4, -0.2) is 6.03 Å². The van der Waals surface area contributed by atoms with Gasteiger partial charge in [0.05, 0.1) is 5.56 Å². The van der Waals surface area contributed by atoms with E-state index in [0.29, 0.717) is 22.7 Å². The molecule has 2 amide bonds. The number of hydrogen-bond donors (Lipinski definition) is 3. The summed E-state index contributed by atoms with van der Waals surface area (Å²) in [7, 11) is 0. The van der Waals surface area contributed by atoms with Crippen molar-refractivity contribution in [3.8, 4) is 0 Å². The van der Waals surface area contributed by atoms with Gasteiger partial charge in [-0.25, -0.2) is 9.18 Å². The first-order valence-corrected chi connectivity index (χ1v) is 6.43. The molecule has 0 bridgehead atoms. The maximum atomic E-state index is 13.2. The van der Waals surface area contributed by atoms with E-state index in [1.165, 1.54) is 0 Å². The quantitative estimate of drug-likeness (QED) is 0.538. The lowest BCUT2D eigenvalue weighted by atomic mass is 10.2. The molecular weight excluding hydrogens is 320 g/mol. The van der Waals surface area contributed by atoms with Crippen LogP contribution in [-0.2, 0) is 6.18 Å². The SMILES string of the molecule is O=C(Nc1cccc(S)c1)Nc1cc(F)cc(C(F)(F)F)c1. The Hall–Kier alpha value is -2.22. The molecule has 0 heterocycles. The summed E-state index contributed by atoms with van der Waals surface area (Å²) in [4.78, 5) is 12.3. The average molecular weight is 330 g/mol. The lowest BCUT2D eigenvalue weighted by molar-refractivity contribution is -0.137. The molecule has 0 spiro atoms. The zero-order chi connectivity index (χ0) is 16.3. The molecular formula is C14H10F4N2OS. The molecule has 0 fully saturated rings. The zero-order valence-electron chi connectivity index (χ0n) is 10.9. The molecule has 0 aliphatic rings. The maximum Gasteiger partial charge on any atom is 0.416 e. The summed E-state index contributed by atoms with van der Waals surface area (Å²) in [6.45, 7) is 0. The molecule has 8 heteroatoms. The van der Waals surface area contributed by atoms with Gasteiger partial charge in [-0.3, -0.25) is 0 Å². The van der Waals surface area contributed by atoms with Crippen molar-refractivity contribution in [2.45, 2.75) is 11.1 Å². The average Bonchev–Trinajstić information content (AvgIpc) is 2.36. The van der Waals surface area contributed by atoms with E-state index in [9.17, 15) is 22.4 Å². The van der Waals surface area contributed by atoms with Crippen molar-refractivity contribution >= 4 is 30.0 Å². The van der Waals surface area contributed by atoms with E-state index in [4.69, 9.17) is 0 Å². The van der Waals surface area contributed by atoms with Gasteiger partial charge in [-0.15, -0.1) is 12.6 Å². The molecule has 0 aromatic heterocycles. The number of rotatable bonds is 2. The van der Waals surface area contributed by atoms with Crippen molar-refractivity contribution < 1.29 is 22.4 Å². The summed E-state index contributed by atoms with van der Waals surface area (Å²) in [6.07, 6.45) is -4.70. The zero-order valence-corrected chi connectivity index (χ0v) is 11.8. The predicted octanol–water partition coefficient (Wildman–Crippen LogP) is 4.78. The molecule has 0 aliphatic heterocycles. The van der Waals surface area contributed by atoms with E-state index in [0.717, 1.165) is 6.07 Å². The molecule has 2 aromatic rings. The van der Waals surface area contributed by atoms with Crippen molar-refractivity contribution in [3.63, 3.8) is 0 Å². The number of carbonyl (C=O) groups is 1. The minimum absolute atomic E-state index is 0.299. The van der Waals surface area contributed by atoms with E-state index in [2.05, 4.69) is 23.3 Å². The minimum atomic E-state index is -4.70. The van der Waals surface area contributed by atoms with Gasteiger partial charge < -0.3 is 10.6 Å². The maximum absolute atomic E-state index is 13.2. The highest BCUT2D eigenvalue weighted by Crippen LogP contribution is 2.31. The fourth-order valence-corrected chi connectivity index (χ4v) is 1.93. The first kappa shape index (κ1) is 16.2. The summed E-state index contributed by atoms with van der Waals surface area (Å²) in [5.41, 5.74) is -1.08. The molecule has 2 N–H and O–H groups in total. The van der Waals surface area contributed by atoms with E-state index in [1.807, 2.05) is 0 Å². The Bertz CT molecular complexity index is 703. The van der Waals surface area contributed by atoms with Crippen molar-refractivity contribution in [2.75, 3.05) is 10.6 Å². The molecule has 2 rings (SSSR count). The molecule has 0 saturated heterocycles. The number of amides is 2. The Labute approximate surface area is 128 Å². The fraction of sp³-hybridized carbons (Fsp3) is 0.0714. The van der Waals surface area contributed by atoms with Crippen molar-refractivity contribution in [1.82, 2.24) is 0 Å². The van der Waals surface area contributed by atoms with Gasteiger partial charge in [0, 0.05) is 16.3 Å². The summed E-state index contributed by atoms with van der Waals surface area (Å²) in [6, 6.07) is 7.46. The molecule has 2 aromatic carbocycles. The Morgan fingerprint density at radius 2 is 1.68 bits per heavy atom. The third kappa shape index (κ3) is 4.39. The Morgan fingerprint density at radius 3 is 2.32 bits per heavy atom. The third-order valence-electron chi connectivity index (χ3n) is 2.59. The van der Waals surface area contributed by atoms with Crippen molar-refractivity contribution in [2.24, 2.45) is 0 Å². The van der Waals surface area contributed by atoms with Crippen LogP contribution in [0.15, 0.2) is 47.4 Å². The number of nitrogens with one attached hydrogen (secondary N) is 2. The molecule has 3 nitrogen and oxygen atoms in total. The van der Waals surface area contributed by atoms with Gasteiger partial charge in [0.2, 0.25) is 0 Å². The number of hydrogen-bond acceptors (Lipinski definition) is 2. The summed E-state index contributed by atoms with van der Waals surface area (Å²) >= 11 is 4.09. The van der Waals surface area contributed by atoms with Crippen LogP contribution < -0.4 is 10.6 Å². The van der Waals surface area contributed by atoms with E-state index in [-0.39, 0.29) is 5.69 Å². The second kappa shape index (κ2) is 6.27. The smallest absolute Gasteiger partial charge is 0.308 e. The summed E-state index contributed by atoms with van der Waals surface area (Å²) in [5.74, 6) is -1.09. The van der Waals surface area contributed by atoms with E-state index >= 15 is 0 Å². The number of benzene rings is 2. The molecule has 0 radical (unpaired) electrons. The van der Waals surface area contributed by atoms with Gasteiger partial charge in [0.15, 0.2) is 0 Å². The monoisotopic (exact) mass is 330 g/mol. The van der Waals surface area contributed by atoms with Crippen LogP contribution in [0.4, 0.5) is 33.7 Å². The highest BCUT2D eigenvalue weighted by atomic mass is 32.1. The van der Waals surface area contributed by atoms with Crippen LogP contribution in [0.3, 0.4) is 0 Å². The van der Waals surface area contributed by atoms with Crippen LogP contribution in [0.2, 0.25) is 0 Å². The third-order valence-corrected chi connectivity index (χ3v) is 2.87. The van der Waals surface area contributed by atoms with Gasteiger partial charge >= 0.3 is 12.2 Å². The van der Waals surface area contributed by atoms with Crippen LogP contribution in [0, 0.1) is 5.82 Å². The van der Waals surface area contributed by atoms with Gasteiger partial charge in [-0.2, -0.15) is 13.2 Å². The molecule has 22 heavy (non-hydrogen) atoms. The number of urea groups is 1. The molecule has 0 atom stereocenters. The van der Waals surface area contributed by atoms with Gasteiger partial charge in [0.25, 0.3) is 0 Å². The standard InChI is InChI=1S/C14H10F4N2OS/c15-9-4-8(14(16,17)18)5-11(6-9)20-13(21)19-10-2-1-3-12(22)7-10/h1-7,22H,(H2,19,20,21). The first-order valence-electron chi connectivity index (χ1n) is 5.99. The molecule has 0 saturated carbocycles. The van der Waals surface area contributed by atoms with Gasteiger partial charge in [0.1, 0.15) is 5.82 Å². The van der Waals surface area contributed by atoms with Crippen LogP contribution >= 0.6 is 12.6 Å². The number of halogens is 4. The Morgan fingerprint density at radius 1 is 1.00 bits per heavy atom. The van der Waals surface area contributed by atoms with Crippen LogP contribution in [0.25, 0.3) is 0 Å². The Balaban J connectivity index is 2.13. The second-order valence-electron chi connectivity index (χ2n) is 4.36. The minimum Gasteiger partial charge on any atom is -0.308 e. The molecule has 0 aliphatic carbocycles. The number of alkyl halides is 3. The molecule has 0 unspecified atom stereocenters. The van der Waals surface area contributed by atoms with E-state index in [1.54, 1.807) is 24.3 Å². The topological polar surface area (TPSA) is 41.1 Å². The molecule has 116 valence electrons. The number of carbonyl (C=O) groups excluding carboxylic acids is 1. The second-order valence-corrected chi connectivity index (χ2v) is 4.87. The van der Waals surface area contributed by atoms with E-state index < -0.39 is 23.6 Å². The van der Waals surface area contributed by atoms with Crippen molar-refractivity contribution in [3.05, 3.63) is 53.8 Å². The van der Waals surface area contributed by atoms with Crippen molar-refractivity contribution in [1.29, 1.82) is 0 Å². The number of anilines is 2. The van der Waals surface area contributed by atoms with Crippen LogP contribution in [0.1, 0.15) is 5.56 Å². The fourth-order valence-electron chi connectivity index (χ4n) is 1.70. The largest absolute Gasteiger partial charge is 0.416 e. The van der Waals surface area contributed by atoms with Gasteiger partial charge in [-0.05, 0) is 36.4 Å².